The van der Waals surface area contributed by atoms with Gasteiger partial charge in [-0.15, -0.1) is 10.2 Å². The molecule has 0 radical (unpaired) electrons. The van der Waals surface area contributed by atoms with Crippen molar-refractivity contribution in [3.05, 3.63) is 39.9 Å². The number of allylic oxidation sites excluding steroid dienone is 1. The minimum Gasteiger partial charge on any atom is -0.399 e. The quantitative estimate of drug-likeness (QED) is 0.409. The van der Waals surface area contributed by atoms with E-state index in [-0.39, 0.29) is 17.4 Å². The molecule has 1 heterocycles. The highest BCUT2D eigenvalue weighted by Gasteiger charge is 2.15. The lowest BCUT2D eigenvalue weighted by Gasteiger charge is -2.16. The van der Waals surface area contributed by atoms with E-state index in [0.29, 0.717) is 10.0 Å². The largest absolute Gasteiger partial charge is 0.399 e. The number of nitrogens with zero attached hydrogens (tertiary/aromatic N) is 5. The minimum absolute atomic E-state index is 0.0276. The predicted molar refractivity (Wildman–Crippen MR) is 105 cm³/mol. The standard InChI is InChI=1S/C19H20N6S/c1-11(2)16-6-14(22)7-17(12(3)4)18(16)24-25-19-23-10-15(26-19)5-13(8-20)9-21/h5-7,10-12H,22H2,1-4H3. The summed E-state index contributed by atoms with van der Waals surface area (Å²) in [6.07, 6.45) is 3.06. The first-order valence-corrected chi connectivity index (χ1v) is 9.00. The maximum atomic E-state index is 8.82. The fourth-order valence-electron chi connectivity index (χ4n) is 2.41. The number of nitrogen functional groups attached to an aromatic ring is 1. The molecule has 0 bridgehead atoms. The van der Waals surface area contributed by atoms with Crippen molar-refractivity contribution in [2.75, 3.05) is 5.73 Å². The molecule has 2 rings (SSSR count). The van der Waals surface area contributed by atoms with Crippen LogP contribution in [0.3, 0.4) is 0 Å². The van der Waals surface area contributed by atoms with Gasteiger partial charge in [0.05, 0.1) is 10.6 Å². The summed E-state index contributed by atoms with van der Waals surface area (Å²) < 4.78 is 0. The Morgan fingerprint density at radius 2 is 1.69 bits per heavy atom. The molecule has 0 amide bonds. The predicted octanol–water partition coefficient (Wildman–Crippen LogP) is 5.82. The average molecular weight is 364 g/mol. The normalized spacial score (nSPS) is 10.9. The summed E-state index contributed by atoms with van der Waals surface area (Å²) in [6.45, 7) is 8.37. The van der Waals surface area contributed by atoms with Crippen molar-refractivity contribution in [2.24, 2.45) is 10.2 Å². The Morgan fingerprint density at radius 1 is 1.12 bits per heavy atom. The second kappa shape index (κ2) is 8.37. The van der Waals surface area contributed by atoms with Gasteiger partial charge in [0.2, 0.25) is 5.13 Å². The monoisotopic (exact) mass is 364 g/mol. The third kappa shape index (κ3) is 4.53. The van der Waals surface area contributed by atoms with Gasteiger partial charge in [0.25, 0.3) is 0 Å². The van der Waals surface area contributed by atoms with Gasteiger partial charge in [-0.25, -0.2) is 4.98 Å². The number of thiazole rings is 1. The fraction of sp³-hybridized carbons (Fsp3) is 0.316. The lowest BCUT2D eigenvalue weighted by atomic mass is 9.92. The zero-order valence-electron chi connectivity index (χ0n) is 15.2. The summed E-state index contributed by atoms with van der Waals surface area (Å²) in [7, 11) is 0. The molecule has 26 heavy (non-hydrogen) atoms. The highest BCUT2D eigenvalue weighted by Crippen LogP contribution is 2.38. The van der Waals surface area contributed by atoms with E-state index >= 15 is 0 Å². The zero-order valence-corrected chi connectivity index (χ0v) is 16.0. The molecule has 0 saturated heterocycles. The van der Waals surface area contributed by atoms with E-state index in [1.54, 1.807) is 6.20 Å². The van der Waals surface area contributed by atoms with Gasteiger partial charge < -0.3 is 5.73 Å². The highest BCUT2D eigenvalue weighted by atomic mass is 32.1. The van der Waals surface area contributed by atoms with Crippen LogP contribution in [0.2, 0.25) is 0 Å². The molecule has 1 aromatic carbocycles. The molecule has 0 fully saturated rings. The number of benzene rings is 1. The van der Waals surface area contributed by atoms with E-state index in [2.05, 4.69) is 42.9 Å². The number of hydrogen-bond acceptors (Lipinski definition) is 7. The second-order valence-electron chi connectivity index (χ2n) is 6.38. The van der Waals surface area contributed by atoms with E-state index in [1.165, 1.54) is 17.4 Å². The summed E-state index contributed by atoms with van der Waals surface area (Å²) in [5.74, 6) is 0.516. The molecule has 0 aliphatic heterocycles. The molecule has 0 atom stereocenters. The zero-order chi connectivity index (χ0) is 19.3. The first-order chi connectivity index (χ1) is 12.3. The molecular formula is C19H20N6S. The van der Waals surface area contributed by atoms with Crippen molar-refractivity contribution >= 4 is 33.9 Å². The van der Waals surface area contributed by atoms with Crippen molar-refractivity contribution in [3.8, 4) is 12.1 Å². The number of nitriles is 2. The van der Waals surface area contributed by atoms with Crippen LogP contribution in [0.5, 0.6) is 0 Å². The third-order valence-corrected chi connectivity index (χ3v) is 4.54. The molecular weight excluding hydrogens is 344 g/mol. The minimum atomic E-state index is 0.0276. The average Bonchev–Trinajstić information content (AvgIpc) is 3.05. The molecule has 1 aromatic heterocycles. The van der Waals surface area contributed by atoms with Crippen molar-refractivity contribution in [3.63, 3.8) is 0 Å². The van der Waals surface area contributed by atoms with Gasteiger partial charge in [-0.1, -0.05) is 39.0 Å². The van der Waals surface area contributed by atoms with Gasteiger partial charge in [-0.05, 0) is 41.2 Å². The van der Waals surface area contributed by atoms with Gasteiger partial charge in [0, 0.05) is 11.9 Å². The summed E-state index contributed by atoms with van der Waals surface area (Å²) in [5.41, 5.74) is 9.71. The molecule has 6 nitrogen and oxygen atoms in total. The molecule has 132 valence electrons. The van der Waals surface area contributed by atoms with E-state index in [4.69, 9.17) is 16.3 Å². The van der Waals surface area contributed by atoms with Crippen LogP contribution in [0.4, 0.5) is 16.5 Å². The molecule has 0 spiro atoms. The molecule has 0 unspecified atom stereocenters. The molecule has 2 aromatic rings. The fourth-order valence-corrected chi connectivity index (χ4v) is 3.09. The highest BCUT2D eigenvalue weighted by molar-refractivity contribution is 7.16. The van der Waals surface area contributed by atoms with Gasteiger partial charge in [0.15, 0.2) is 0 Å². The molecule has 0 aliphatic carbocycles. The van der Waals surface area contributed by atoms with Gasteiger partial charge in [0.1, 0.15) is 17.7 Å². The van der Waals surface area contributed by atoms with Crippen molar-refractivity contribution in [1.82, 2.24) is 4.98 Å². The van der Waals surface area contributed by atoms with Gasteiger partial charge >= 0.3 is 0 Å². The molecule has 2 N–H and O–H groups in total. The Morgan fingerprint density at radius 3 is 2.19 bits per heavy atom. The molecule has 0 aliphatic rings. The Labute approximate surface area is 157 Å². The van der Waals surface area contributed by atoms with Crippen LogP contribution in [-0.2, 0) is 0 Å². The Bertz CT molecular complexity index is 893. The smallest absolute Gasteiger partial charge is 0.230 e. The summed E-state index contributed by atoms with van der Waals surface area (Å²) >= 11 is 1.27. The van der Waals surface area contributed by atoms with Crippen molar-refractivity contribution in [1.29, 1.82) is 10.5 Å². The van der Waals surface area contributed by atoms with Crippen LogP contribution >= 0.6 is 11.3 Å². The summed E-state index contributed by atoms with van der Waals surface area (Å²) in [6, 6.07) is 7.53. The maximum Gasteiger partial charge on any atom is 0.230 e. The van der Waals surface area contributed by atoms with Crippen LogP contribution in [-0.4, -0.2) is 4.98 Å². The van der Waals surface area contributed by atoms with E-state index in [9.17, 15) is 0 Å². The number of rotatable bonds is 5. The van der Waals surface area contributed by atoms with E-state index in [1.807, 2.05) is 24.3 Å². The number of anilines is 1. The Balaban J connectivity index is 2.43. The Hall–Kier alpha value is -3.03. The first kappa shape index (κ1) is 19.3. The van der Waals surface area contributed by atoms with Gasteiger partial charge in [-0.3, -0.25) is 0 Å². The first-order valence-electron chi connectivity index (χ1n) is 8.18. The maximum absolute atomic E-state index is 8.82. The van der Waals surface area contributed by atoms with E-state index < -0.39 is 0 Å². The Kier molecular flexibility index (Phi) is 6.21. The van der Waals surface area contributed by atoms with Gasteiger partial charge in [-0.2, -0.15) is 10.5 Å². The van der Waals surface area contributed by atoms with Crippen molar-refractivity contribution < 1.29 is 0 Å². The van der Waals surface area contributed by atoms with Crippen LogP contribution in [0.1, 0.15) is 55.5 Å². The molecule has 7 heteroatoms. The summed E-state index contributed by atoms with van der Waals surface area (Å²) in [5, 5.41) is 26.8. The lowest BCUT2D eigenvalue weighted by Crippen LogP contribution is -1.98. The molecule has 0 saturated carbocycles. The van der Waals surface area contributed by atoms with Crippen LogP contribution in [0.25, 0.3) is 6.08 Å². The topological polar surface area (TPSA) is 111 Å². The number of azo groups is 1. The van der Waals surface area contributed by atoms with Crippen LogP contribution in [0.15, 0.2) is 34.1 Å². The number of hydrogen-bond donors (Lipinski definition) is 1. The summed E-state index contributed by atoms with van der Waals surface area (Å²) in [4.78, 5) is 4.87. The lowest BCUT2D eigenvalue weighted by molar-refractivity contribution is 0.831. The van der Waals surface area contributed by atoms with Crippen LogP contribution < -0.4 is 5.73 Å². The third-order valence-electron chi connectivity index (χ3n) is 3.71. The SMILES string of the molecule is CC(C)c1cc(N)cc(C(C)C)c1N=Nc1ncc(C=C(C#N)C#N)s1. The second-order valence-corrected chi connectivity index (χ2v) is 7.42. The van der Waals surface area contributed by atoms with E-state index in [0.717, 1.165) is 22.5 Å². The number of aromatic nitrogens is 1. The number of nitrogens with two attached hydrogens (primary N) is 1. The van der Waals surface area contributed by atoms with Crippen LogP contribution in [0, 0.1) is 22.7 Å². The van der Waals surface area contributed by atoms with Crippen molar-refractivity contribution in [2.45, 2.75) is 39.5 Å².